The number of rotatable bonds is 6. The number of carbonyl (C=O) groups is 2. The van der Waals surface area contributed by atoms with Gasteiger partial charge in [-0.15, -0.1) is 0 Å². The first-order chi connectivity index (χ1) is 6.34. The van der Waals surface area contributed by atoms with Gasteiger partial charge in [-0.05, 0) is 27.7 Å². The second-order valence-corrected chi connectivity index (χ2v) is 3.99. The summed E-state index contributed by atoms with van der Waals surface area (Å²) in [4.78, 5) is 23.7. The molecule has 0 saturated carbocycles. The molecule has 0 saturated heterocycles. The van der Waals surface area contributed by atoms with Gasteiger partial charge in [-0.3, -0.25) is 14.5 Å². The van der Waals surface area contributed by atoms with Crippen LogP contribution in [0.1, 0.15) is 34.1 Å². The second kappa shape index (κ2) is 5.75. The van der Waals surface area contributed by atoms with E-state index in [1.54, 1.807) is 6.92 Å². The number of Topliss-reactive ketones (excluding diaryl/α,β-unsaturated/α-hetero) is 1. The van der Waals surface area contributed by atoms with Crippen molar-refractivity contribution < 1.29 is 9.59 Å². The molecular weight excluding hydrogens is 180 g/mol. The first-order valence-electron chi connectivity index (χ1n) is 4.88. The summed E-state index contributed by atoms with van der Waals surface area (Å²) in [5.41, 5.74) is 5.13. The van der Waals surface area contributed by atoms with E-state index in [0.29, 0.717) is 6.42 Å². The van der Waals surface area contributed by atoms with E-state index in [1.807, 2.05) is 25.7 Å². The first-order valence-corrected chi connectivity index (χ1v) is 4.88. The molecule has 4 heteroatoms. The van der Waals surface area contributed by atoms with Gasteiger partial charge in [-0.25, -0.2) is 0 Å². The second-order valence-electron chi connectivity index (χ2n) is 3.99. The molecule has 1 unspecified atom stereocenters. The van der Waals surface area contributed by atoms with E-state index >= 15 is 0 Å². The molecule has 0 aliphatic heterocycles. The molecule has 1 atom stereocenters. The van der Waals surface area contributed by atoms with Gasteiger partial charge in [0.15, 0.2) is 0 Å². The van der Waals surface area contributed by atoms with E-state index in [1.165, 1.54) is 0 Å². The van der Waals surface area contributed by atoms with Crippen LogP contribution in [0.2, 0.25) is 0 Å². The maximum absolute atomic E-state index is 10.9. The Morgan fingerprint density at radius 2 is 1.79 bits per heavy atom. The van der Waals surface area contributed by atoms with Crippen molar-refractivity contribution in [2.75, 3.05) is 6.54 Å². The van der Waals surface area contributed by atoms with Gasteiger partial charge in [0, 0.05) is 18.5 Å². The van der Waals surface area contributed by atoms with Crippen LogP contribution < -0.4 is 5.73 Å². The van der Waals surface area contributed by atoms with Crippen LogP contribution in [-0.2, 0) is 9.59 Å². The molecule has 82 valence electrons. The molecule has 2 N–H and O–H groups in total. The predicted octanol–water partition coefficient (Wildman–Crippen LogP) is 0.550. The van der Waals surface area contributed by atoms with Crippen LogP contribution in [0.25, 0.3) is 0 Å². The molecule has 0 fully saturated rings. The molecule has 0 aromatic rings. The highest BCUT2D eigenvalue weighted by molar-refractivity contribution is 5.77. The van der Waals surface area contributed by atoms with Crippen LogP contribution in [-0.4, -0.2) is 35.2 Å². The summed E-state index contributed by atoms with van der Waals surface area (Å²) in [6.07, 6.45) is 0.464. The summed E-state index contributed by atoms with van der Waals surface area (Å²) in [5, 5.41) is 0. The fourth-order valence-corrected chi connectivity index (χ4v) is 1.56. The summed E-state index contributed by atoms with van der Waals surface area (Å²) < 4.78 is 0. The Morgan fingerprint density at radius 3 is 2.07 bits per heavy atom. The SMILES string of the molecule is CC(=O)CC(C)N(CC(N)=O)C(C)C. The smallest absolute Gasteiger partial charge is 0.231 e. The number of nitrogens with zero attached hydrogens (tertiary/aromatic N) is 1. The number of nitrogens with two attached hydrogens (primary N) is 1. The molecule has 0 aromatic carbocycles. The molecule has 0 bridgehead atoms. The van der Waals surface area contributed by atoms with Crippen molar-refractivity contribution in [1.82, 2.24) is 4.90 Å². The largest absolute Gasteiger partial charge is 0.369 e. The van der Waals surface area contributed by atoms with Gasteiger partial charge < -0.3 is 5.73 Å². The molecule has 0 aliphatic carbocycles. The molecular formula is C10H20N2O2. The van der Waals surface area contributed by atoms with E-state index in [9.17, 15) is 9.59 Å². The summed E-state index contributed by atoms with van der Waals surface area (Å²) in [6, 6.07) is 0.289. The predicted molar refractivity (Wildman–Crippen MR) is 55.8 cm³/mol. The molecule has 0 heterocycles. The number of ketones is 1. The highest BCUT2D eigenvalue weighted by Crippen LogP contribution is 2.08. The van der Waals surface area contributed by atoms with Crippen LogP contribution in [0.3, 0.4) is 0 Å². The average molecular weight is 200 g/mol. The normalized spacial score (nSPS) is 13.3. The minimum absolute atomic E-state index is 0.0694. The zero-order valence-electron chi connectivity index (χ0n) is 9.41. The Balaban J connectivity index is 4.32. The topological polar surface area (TPSA) is 63.4 Å². The lowest BCUT2D eigenvalue weighted by Crippen LogP contribution is -2.44. The highest BCUT2D eigenvalue weighted by Gasteiger charge is 2.19. The summed E-state index contributed by atoms with van der Waals surface area (Å²) in [6.45, 7) is 7.68. The van der Waals surface area contributed by atoms with Gasteiger partial charge in [-0.1, -0.05) is 0 Å². The lowest BCUT2D eigenvalue weighted by molar-refractivity contribution is -0.122. The van der Waals surface area contributed by atoms with Crippen molar-refractivity contribution in [2.45, 2.75) is 46.2 Å². The molecule has 0 spiro atoms. The monoisotopic (exact) mass is 200 g/mol. The molecule has 0 aromatic heterocycles. The lowest BCUT2D eigenvalue weighted by atomic mass is 10.1. The molecule has 0 rings (SSSR count). The zero-order chi connectivity index (χ0) is 11.3. The molecule has 4 nitrogen and oxygen atoms in total. The minimum Gasteiger partial charge on any atom is -0.369 e. The third kappa shape index (κ3) is 4.97. The van der Waals surface area contributed by atoms with E-state index in [0.717, 1.165) is 0 Å². The average Bonchev–Trinajstić information content (AvgIpc) is 1.97. The third-order valence-corrected chi connectivity index (χ3v) is 2.15. The number of hydrogen-bond acceptors (Lipinski definition) is 3. The molecule has 0 radical (unpaired) electrons. The van der Waals surface area contributed by atoms with E-state index in [2.05, 4.69) is 0 Å². The Morgan fingerprint density at radius 1 is 1.29 bits per heavy atom. The summed E-state index contributed by atoms with van der Waals surface area (Å²) >= 11 is 0. The highest BCUT2D eigenvalue weighted by atomic mass is 16.1. The van der Waals surface area contributed by atoms with Crippen molar-refractivity contribution in [1.29, 1.82) is 0 Å². The van der Waals surface area contributed by atoms with Gasteiger partial charge in [-0.2, -0.15) is 0 Å². The first kappa shape index (κ1) is 13.1. The van der Waals surface area contributed by atoms with Crippen molar-refractivity contribution in [3.05, 3.63) is 0 Å². The van der Waals surface area contributed by atoms with Crippen molar-refractivity contribution in [2.24, 2.45) is 5.73 Å². The minimum atomic E-state index is -0.353. The lowest BCUT2D eigenvalue weighted by Gasteiger charge is -2.30. The Bertz CT molecular complexity index is 214. The van der Waals surface area contributed by atoms with Gasteiger partial charge in [0.1, 0.15) is 5.78 Å². The molecule has 1 amide bonds. The van der Waals surface area contributed by atoms with E-state index in [4.69, 9.17) is 5.73 Å². The quantitative estimate of drug-likeness (QED) is 0.681. The maximum Gasteiger partial charge on any atom is 0.231 e. The number of amides is 1. The van der Waals surface area contributed by atoms with E-state index < -0.39 is 0 Å². The fraction of sp³-hybridized carbons (Fsp3) is 0.800. The van der Waals surface area contributed by atoms with Crippen LogP contribution >= 0.6 is 0 Å². The van der Waals surface area contributed by atoms with Crippen molar-refractivity contribution in [3.63, 3.8) is 0 Å². The number of primary amides is 1. The van der Waals surface area contributed by atoms with Crippen LogP contribution in [0.4, 0.5) is 0 Å². The van der Waals surface area contributed by atoms with Crippen LogP contribution in [0, 0.1) is 0 Å². The van der Waals surface area contributed by atoms with Crippen molar-refractivity contribution in [3.8, 4) is 0 Å². The molecule has 14 heavy (non-hydrogen) atoms. The van der Waals surface area contributed by atoms with Gasteiger partial charge in [0.05, 0.1) is 6.54 Å². The maximum atomic E-state index is 10.9. The Kier molecular flexibility index (Phi) is 5.38. The van der Waals surface area contributed by atoms with Gasteiger partial charge >= 0.3 is 0 Å². The standard InChI is InChI=1S/C10H20N2O2/c1-7(2)12(6-10(11)14)8(3)5-9(4)13/h7-8H,5-6H2,1-4H3,(H2,11,14). The van der Waals surface area contributed by atoms with Gasteiger partial charge in [0.25, 0.3) is 0 Å². The third-order valence-electron chi connectivity index (χ3n) is 2.15. The van der Waals surface area contributed by atoms with Crippen molar-refractivity contribution >= 4 is 11.7 Å². The van der Waals surface area contributed by atoms with Crippen LogP contribution in [0.15, 0.2) is 0 Å². The van der Waals surface area contributed by atoms with Crippen LogP contribution in [0.5, 0.6) is 0 Å². The Labute approximate surface area is 85.4 Å². The summed E-state index contributed by atoms with van der Waals surface area (Å²) in [5.74, 6) is -0.221. The Hall–Kier alpha value is -0.900. The molecule has 0 aliphatic rings. The fourth-order valence-electron chi connectivity index (χ4n) is 1.56. The number of carbonyl (C=O) groups excluding carboxylic acids is 2. The number of hydrogen-bond donors (Lipinski definition) is 1. The van der Waals surface area contributed by atoms with Gasteiger partial charge in [0.2, 0.25) is 5.91 Å². The zero-order valence-corrected chi connectivity index (χ0v) is 9.41. The summed E-state index contributed by atoms with van der Waals surface area (Å²) in [7, 11) is 0. The van der Waals surface area contributed by atoms with E-state index in [-0.39, 0.29) is 30.3 Å².